The molecule has 37 heavy (non-hydrogen) atoms. The van der Waals surface area contributed by atoms with E-state index >= 15 is 0 Å². The summed E-state index contributed by atoms with van der Waals surface area (Å²) >= 11 is 6.20. The number of aromatic nitrogens is 3. The average molecular weight is 514 g/mol. The predicted molar refractivity (Wildman–Crippen MR) is 149 cm³/mol. The first-order valence-corrected chi connectivity index (χ1v) is 12.7. The lowest BCUT2D eigenvalue weighted by Gasteiger charge is -2.26. The number of para-hydroxylation sites is 1. The quantitative estimate of drug-likeness (QED) is 0.201. The van der Waals surface area contributed by atoms with E-state index in [2.05, 4.69) is 35.7 Å². The lowest BCUT2D eigenvalue weighted by Crippen LogP contribution is -2.31. The van der Waals surface area contributed by atoms with Gasteiger partial charge in [0.1, 0.15) is 12.4 Å². The highest BCUT2D eigenvalue weighted by Gasteiger charge is 2.16. The van der Waals surface area contributed by atoms with Crippen LogP contribution in [0.15, 0.2) is 84.0 Å². The Morgan fingerprint density at radius 3 is 2.35 bits per heavy atom. The molecule has 0 amide bonds. The standard InChI is InChI=1S/C28H28ClN7O/c29-25-12-6-5-9-22(25)20-37-24-15-13-21(14-16-24)19-30-35-27-32-26(31-23-10-3-1-4-11-23)33-28(34-27)36-17-7-2-8-18-36/h1,3-6,9-16,19H,2,7-8,17-18,20H2,(H2,31,32,33,34,35)/b30-19+. The molecule has 0 radical (unpaired) electrons. The van der Waals surface area contributed by atoms with Gasteiger partial charge in [-0.05, 0) is 67.3 Å². The third kappa shape index (κ3) is 6.95. The normalized spacial score (nSPS) is 13.5. The van der Waals surface area contributed by atoms with E-state index in [0.29, 0.717) is 29.5 Å². The summed E-state index contributed by atoms with van der Waals surface area (Å²) in [5.41, 5.74) is 5.72. The molecule has 1 aromatic heterocycles. The monoisotopic (exact) mass is 513 g/mol. The zero-order valence-corrected chi connectivity index (χ0v) is 21.1. The fraction of sp³-hybridized carbons (Fsp3) is 0.214. The number of benzene rings is 3. The van der Waals surface area contributed by atoms with Crippen LogP contribution in [-0.4, -0.2) is 34.3 Å². The molecule has 0 atom stereocenters. The molecule has 2 N–H and O–H groups in total. The van der Waals surface area contributed by atoms with Crippen molar-refractivity contribution < 1.29 is 4.74 Å². The second-order valence-corrected chi connectivity index (χ2v) is 9.05. The summed E-state index contributed by atoms with van der Waals surface area (Å²) in [5, 5.41) is 8.31. The molecule has 1 aliphatic rings. The van der Waals surface area contributed by atoms with Gasteiger partial charge in [-0.2, -0.15) is 20.1 Å². The van der Waals surface area contributed by atoms with Gasteiger partial charge in [0, 0.05) is 29.4 Å². The molecule has 4 aromatic rings. The van der Waals surface area contributed by atoms with Gasteiger partial charge in [0.05, 0.1) is 6.21 Å². The molecule has 188 valence electrons. The fourth-order valence-corrected chi connectivity index (χ4v) is 4.14. The number of hydrogen-bond acceptors (Lipinski definition) is 8. The number of hydrazone groups is 1. The molecule has 0 bridgehead atoms. The van der Waals surface area contributed by atoms with Crippen molar-refractivity contribution in [2.75, 3.05) is 28.7 Å². The zero-order valence-electron chi connectivity index (χ0n) is 20.3. The van der Waals surface area contributed by atoms with E-state index in [1.807, 2.05) is 78.9 Å². The molecule has 2 heterocycles. The van der Waals surface area contributed by atoms with Crippen molar-refractivity contribution in [3.63, 3.8) is 0 Å². The largest absolute Gasteiger partial charge is 0.489 e. The molecule has 5 rings (SSSR count). The fourth-order valence-electron chi connectivity index (χ4n) is 3.95. The van der Waals surface area contributed by atoms with E-state index in [1.54, 1.807) is 6.21 Å². The van der Waals surface area contributed by atoms with Crippen LogP contribution in [0.25, 0.3) is 0 Å². The molecular weight excluding hydrogens is 486 g/mol. The summed E-state index contributed by atoms with van der Waals surface area (Å²) < 4.78 is 5.85. The van der Waals surface area contributed by atoms with Crippen LogP contribution >= 0.6 is 11.6 Å². The first-order chi connectivity index (χ1) is 18.2. The van der Waals surface area contributed by atoms with E-state index in [-0.39, 0.29) is 0 Å². The van der Waals surface area contributed by atoms with Gasteiger partial charge >= 0.3 is 0 Å². The summed E-state index contributed by atoms with van der Waals surface area (Å²) in [6, 6.07) is 25.2. The topological polar surface area (TPSA) is 87.6 Å². The van der Waals surface area contributed by atoms with E-state index in [9.17, 15) is 0 Å². The number of nitrogens with zero attached hydrogens (tertiary/aromatic N) is 5. The van der Waals surface area contributed by atoms with Crippen molar-refractivity contribution in [3.8, 4) is 5.75 Å². The van der Waals surface area contributed by atoms with Gasteiger partial charge in [0.2, 0.25) is 17.8 Å². The van der Waals surface area contributed by atoms with Gasteiger partial charge in [0.15, 0.2) is 0 Å². The lowest BCUT2D eigenvalue weighted by molar-refractivity contribution is 0.306. The van der Waals surface area contributed by atoms with Crippen molar-refractivity contribution in [2.45, 2.75) is 25.9 Å². The number of rotatable bonds is 9. The number of ether oxygens (including phenoxy) is 1. The van der Waals surface area contributed by atoms with Gasteiger partial charge in [-0.25, -0.2) is 5.43 Å². The van der Waals surface area contributed by atoms with Crippen molar-refractivity contribution in [1.29, 1.82) is 0 Å². The molecule has 0 unspecified atom stereocenters. The molecule has 0 aliphatic carbocycles. The number of nitrogens with one attached hydrogen (secondary N) is 2. The Morgan fingerprint density at radius 2 is 1.57 bits per heavy atom. The number of halogens is 1. The Labute approximate surface area is 221 Å². The van der Waals surface area contributed by atoms with Gasteiger partial charge in [-0.1, -0.05) is 48.0 Å². The second-order valence-electron chi connectivity index (χ2n) is 8.64. The van der Waals surface area contributed by atoms with Gasteiger partial charge in [0.25, 0.3) is 0 Å². The Morgan fingerprint density at radius 1 is 0.838 bits per heavy atom. The maximum absolute atomic E-state index is 6.20. The van der Waals surface area contributed by atoms with Crippen LogP contribution in [0.5, 0.6) is 5.75 Å². The minimum atomic E-state index is 0.380. The molecular formula is C28H28ClN7O. The maximum Gasteiger partial charge on any atom is 0.250 e. The molecule has 1 saturated heterocycles. The highest BCUT2D eigenvalue weighted by molar-refractivity contribution is 6.31. The summed E-state index contributed by atoms with van der Waals surface area (Å²) in [7, 11) is 0. The highest BCUT2D eigenvalue weighted by Crippen LogP contribution is 2.21. The molecule has 9 heteroatoms. The van der Waals surface area contributed by atoms with Gasteiger partial charge in [-0.15, -0.1) is 0 Å². The van der Waals surface area contributed by atoms with Crippen molar-refractivity contribution >= 4 is 41.3 Å². The number of anilines is 4. The molecule has 8 nitrogen and oxygen atoms in total. The van der Waals surface area contributed by atoms with E-state index < -0.39 is 0 Å². The van der Waals surface area contributed by atoms with Crippen LogP contribution in [0.3, 0.4) is 0 Å². The molecule has 0 saturated carbocycles. The Balaban J connectivity index is 1.25. The number of hydrogen-bond donors (Lipinski definition) is 2. The van der Waals surface area contributed by atoms with E-state index in [1.165, 1.54) is 6.42 Å². The minimum absolute atomic E-state index is 0.380. The molecule has 1 fully saturated rings. The summed E-state index contributed by atoms with van der Waals surface area (Å²) in [5.74, 6) is 2.25. The van der Waals surface area contributed by atoms with Crippen LogP contribution in [0.4, 0.5) is 23.5 Å². The van der Waals surface area contributed by atoms with Crippen LogP contribution < -0.4 is 20.4 Å². The van der Waals surface area contributed by atoms with Gasteiger partial charge in [-0.3, -0.25) is 0 Å². The zero-order chi connectivity index (χ0) is 25.3. The van der Waals surface area contributed by atoms with Crippen LogP contribution in [0.1, 0.15) is 30.4 Å². The first-order valence-electron chi connectivity index (χ1n) is 12.3. The first kappa shape index (κ1) is 24.5. The van der Waals surface area contributed by atoms with Crippen molar-refractivity contribution in [2.24, 2.45) is 5.10 Å². The molecule has 1 aliphatic heterocycles. The average Bonchev–Trinajstić information content (AvgIpc) is 2.94. The predicted octanol–water partition coefficient (Wildman–Crippen LogP) is 6.28. The summed E-state index contributed by atoms with van der Waals surface area (Å²) in [6.45, 7) is 2.28. The van der Waals surface area contributed by atoms with Crippen molar-refractivity contribution in [3.05, 3.63) is 95.0 Å². The van der Waals surface area contributed by atoms with Gasteiger partial charge < -0.3 is 15.0 Å². The SMILES string of the molecule is Clc1ccccc1COc1ccc(/C=N/Nc2nc(Nc3ccccc3)nc(N3CCCCC3)n2)cc1. The smallest absolute Gasteiger partial charge is 0.250 e. The summed E-state index contributed by atoms with van der Waals surface area (Å²) in [4.78, 5) is 16.0. The highest BCUT2D eigenvalue weighted by atomic mass is 35.5. The Kier molecular flexibility index (Phi) is 8.07. The minimum Gasteiger partial charge on any atom is -0.489 e. The Hall–Kier alpha value is -4.17. The van der Waals surface area contributed by atoms with Crippen LogP contribution in [-0.2, 0) is 6.61 Å². The van der Waals surface area contributed by atoms with Crippen LogP contribution in [0.2, 0.25) is 5.02 Å². The Bertz CT molecular complexity index is 1330. The third-order valence-corrected chi connectivity index (χ3v) is 6.27. The molecule has 3 aromatic carbocycles. The third-order valence-electron chi connectivity index (χ3n) is 5.90. The second kappa shape index (κ2) is 12.2. The van der Waals surface area contributed by atoms with E-state index in [0.717, 1.165) is 48.5 Å². The van der Waals surface area contributed by atoms with Crippen LogP contribution in [0, 0.1) is 0 Å². The lowest BCUT2D eigenvalue weighted by atomic mass is 10.1. The number of piperidine rings is 1. The summed E-state index contributed by atoms with van der Waals surface area (Å²) in [6.07, 6.45) is 5.21. The maximum atomic E-state index is 6.20. The van der Waals surface area contributed by atoms with E-state index in [4.69, 9.17) is 16.3 Å². The molecule has 0 spiro atoms. The van der Waals surface area contributed by atoms with Crippen molar-refractivity contribution in [1.82, 2.24) is 15.0 Å².